The molecule has 1 amide bonds. The number of carbonyl (C=O) groups excluding carboxylic acids is 1. The summed E-state index contributed by atoms with van der Waals surface area (Å²) in [7, 11) is 3.64. The topological polar surface area (TPSA) is 92.3 Å². The molecule has 2 aromatic rings. The quantitative estimate of drug-likeness (QED) is 0.592. The summed E-state index contributed by atoms with van der Waals surface area (Å²) in [5.41, 5.74) is -3.12. The van der Waals surface area contributed by atoms with Crippen molar-refractivity contribution in [1.29, 1.82) is 0 Å². The third kappa shape index (κ3) is 4.12. The molecule has 2 aliphatic heterocycles. The molecular weight excluding hydrogens is 487 g/mol. The van der Waals surface area contributed by atoms with Gasteiger partial charge in [0.15, 0.2) is 12.0 Å². The minimum absolute atomic E-state index is 0.110. The van der Waals surface area contributed by atoms with Gasteiger partial charge in [-0.25, -0.2) is 32.9 Å². The second-order valence-corrected chi connectivity index (χ2v) is 10.3. The first kappa shape index (κ1) is 23.6. The summed E-state index contributed by atoms with van der Waals surface area (Å²) < 4.78 is 49.0. The fourth-order valence-corrected chi connectivity index (χ4v) is 5.38. The number of ether oxygens (including phenoxy) is 1. The molecule has 0 spiro atoms. The van der Waals surface area contributed by atoms with Crippen molar-refractivity contribution in [3.63, 3.8) is 0 Å². The molecule has 34 heavy (non-hydrogen) atoms. The van der Waals surface area contributed by atoms with Gasteiger partial charge in [0.1, 0.15) is 23.7 Å². The van der Waals surface area contributed by atoms with Gasteiger partial charge in [-0.1, -0.05) is 18.5 Å². The van der Waals surface area contributed by atoms with Crippen LogP contribution in [-0.2, 0) is 10.2 Å². The lowest BCUT2D eigenvalue weighted by molar-refractivity contribution is 0.0591. The molecule has 0 radical (unpaired) electrons. The molecule has 2 fully saturated rings. The van der Waals surface area contributed by atoms with Crippen molar-refractivity contribution < 1.29 is 22.7 Å². The Morgan fingerprint density at radius 3 is 2.74 bits per heavy atom. The van der Waals surface area contributed by atoms with E-state index in [0.717, 1.165) is 6.54 Å². The Hall–Kier alpha value is -2.09. The summed E-state index contributed by atoms with van der Waals surface area (Å²) in [6, 6.07) is 3.51. The van der Waals surface area contributed by atoms with Crippen molar-refractivity contribution in [1.82, 2.24) is 20.3 Å². The molecule has 4 heterocycles. The Labute approximate surface area is 199 Å². The normalized spacial score (nSPS) is 24.6. The van der Waals surface area contributed by atoms with E-state index in [1.165, 1.54) is 6.33 Å². The van der Waals surface area contributed by atoms with Crippen LogP contribution in [-0.4, -0.2) is 58.3 Å². The molecule has 0 bridgehead atoms. The van der Waals surface area contributed by atoms with Gasteiger partial charge in [-0.3, -0.25) is 5.32 Å². The molecule has 2 N–H and O–H groups in total. The smallest absolute Gasteiger partial charge is 0.413 e. The van der Waals surface area contributed by atoms with Crippen molar-refractivity contribution in [3.05, 3.63) is 29.6 Å². The summed E-state index contributed by atoms with van der Waals surface area (Å²) >= 11 is 0. The summed E-state index contributed by atoms with van der Waals surface area (Å²) in [6.07, 6.45) is -0.205. The van der Waals surface area contributed by atoms with E-state index in [4.69, 9.17) is 9.72 Å². The van der Waals surface area contributed by atoms with Crippen LogP contribution in [0.5, 0.6) is 0 Å². The number of hydrogen-bond donors (Lipinski definition) is 2. The SMILES string of the molecule is C[C@H]1CN(c2cc(C3(C(F)(F)P)CC3)cc(-c3ncnc4c3C(C(F)P)OC(=O)N4)n2)CCN1. The molecule has 8 nitrogen and oxygen atoms in total. The fourth-order valence-electron chi connectivity index (χ4n) is 4.65. The summed E-state index contributed by atoms with van der Waals surface area (Å²) in [6.45, 7) is 4.09. The van der Waals surface area contributed by atoms with Crippen molar-refractivity contribution >= 4 is 36.2 Å². The largest absolute Gasteiger partial charge is 0.437 e. The number of aromatic nitrogens is 3. The highest BCUT2D eigenvalue weighted by Crippen LogP contribution is 2.61. The number of carbonyl (C=O) groups is 1. The highest BCUT2D eigenvalue weighted by molar-refractivity contribution is 7.18. The number of hydrogen-bond acceptors (Lipinski definition) is 7. The van der Waals surface area contributed by atoms with Crippen LogP contribution in [0.15, 0.2) is 18.5 Å². The van der Waals surface area contributed by atoms with E-state index in [1.54, 1.807) is 21.4 Å². The van der Waals surface area contributed by atoms with Gasteiger partial charge in [-0.15, -0.1) is 0 Å². The van der Waals surface area contributed by atoms with Gasteiger partial charge >= 0.3 is 6.09 Å². The molecule has 2 aromatic heterocycles. The summed E-state index contributed by atoms with van der Waals surface area (Å²) in [4.78, 5) is 27.1. The first-order valence-electron chi connectivity index (χ1n) is 11.0. The standard InChI is InChI=1S/C21H25F3N6O2P2/c1-10-8-30(5-4-25-10)13-7-11(20(2-3-20)21(23,24)34)6-12(28-13)15-14-16(17(22)33)32-19(31)29-18(14)27-9-26-15/h6-7,9-10,16-17,25H,2-5,8,33-34H2,1H3,(H,26,27,29,31)/t10-,16?,17?/m0/s1. The van der Waals surface area contributed by atoms with Gasteiger partial charge in [0.05, 0.1) is 16.7 Å². The van der Waals surface area contributed by atoms with Gasteiger partial charge in [-0.2, -0.15) is 0 Å². The van der Waals surface area contributed by atoms with Crippen LogP contribution >= 0.6 is 18.5 Å². The highest BCUT2D eigenvalue weighted by Gasteiger charge is 2.60. The minimum atomic E-state index is -3.01. The summed E-state index contributed by atoms with van der Waals surface area (Å²) in [5.74, 6) is -0.968. The number of nitrogens with one attached hydrogen (secondary N) is 2. The van der Waals surface area contributed by atoms with Crippen LogP contribution in [0.2, 0.25) is 0 Å². The van der Waals surface area contributed by atoms with E-state index in [0.29, 0.717) is 43.0 Å². The van der Waals surface area contributed by atoms with Crippen molar-refractivity contribution in [2.45, 2.75) is 48.9 Å². The van der Waals surface area contributed by atoms with E-state index in [2.05, 4.69) is 20.6 Å². The van der Waals surface area contributed by atoms with Crippen LogP contribution in [0.4, 0.5) is 29.6 Å². The third-order valence-corrected chi connectivity index (χ3v) is 7.50. The average Bonchev–Trinajstić information content (AvgIpc) is 3.60. The molecular formula is C21H25F3N6O2P2. The van der Waals surface area contributed by atoms with Gasteiger partial charge in [0, 0.05) is 25.7 Å². The first-order chi connectivity index (χ1) is 16.1. The number of amides is 1. The monoisotopic (exact) mass is 512 g/mol. The molecule has 5 atom stereocenters. The minimum Gasteiger partial charge on any atom is -0.437 e. The molecule has 1 aliphatic carbocycles. The number of anilines is 2. The Morgan fingerprint density at radius 1 is 1.32 bits per heavy atom. The Balaban J connectivity index is 1.68. The van der Waals surface area contributed by atoms with Crippen LogP contribution in [0.25, 0.3) is 11.4 Å². The lowest BCUT2D eigenvalue weighted by Gasteiger charge is -2.34. The molecule has 1 saturated heterocycles. The van der Waals surface area contributed by atoms with E-state index >= 15 is 0 Å². The highest BCUT2D eigenvalue weighted by atomic mass is 31.0. The van der Waals surface area contributed by atoms with E-state index in [1.807, 2.05) is 21.1 Å². The maximum atomic E-state index is 14.7. The van der Waals surface area contributed by atoms with Crippen molar-refractivity contribution in [3.8, 4) is 11.4 Å². The van der Waals surface area contributed by atoms with E-state index < -0.39 is 29.2 Å². The first-order valence-corrected chi connectivity index (χ1v) is 12.2. The number of halogens is 3. The lowest BCUT2D eigenvalue weighted by atomic mass is 9.94. The van der Waals surface area contributed by atoms with Crippen molar-refractivity contribution in [2.24, 2.45) is 0 Å². The van der Waals surface area contributed by atoms with Gasteiger partial charge in [-0.05, 0) is 37.5 Å². The Kier molecular flexibility index (Phi) is 5.94. The maximum absolute atomic E-state index is 14.7. The predicted molar refractivity (Wildman–Crippen MR) is 128 cm³/mol. The maximum Gasteiger partial charge on any atom is 0.413 e. The molecule has 3 aliphatic rings. The number of pyridine rings is 1. The lowest BCUT2D eigenvalue weighted by Crippen LogP contribution is -2.49. The fraction of sp³-hybridized carbons (Fsp3) is 0.524. The van der Waals surface area contributed by atoms with Gasteiger partial charge < -0.3 is 15.0 Å². The zero-order chi connectivity index (χ0) is 24.3. The molecule has 4 unspecified atom stereocenters. The zero-order valence-corrected chi connectivity index (χ0v) is 20.7. The number of alkyl halides is 3. The Morgan fingerprint density at radius 2 is 2.09 bits per heavy atom. The molecule has 182 valence electrons. The van der Waals surface area contributed by atoms with Gasteiger partial charge in [0.25, 0.3) is 5.66 Å². The summed E-state index contributed by atoms with van der Waals surface area (Å²) in [5, 5.41) is 5.82. The molecule has 13 heteroatoms. The number of piperazine rings is 1. The average molecular weight is 512 g/mol. The predicted octanol–water partition coefficient (Wildman–Crippen LogP) is 3.61. The zero-order valence-electron chi connectivity index (χ0n) is 18.4. The molecule has 1 saturated carbocycles. The van der Waals surface area contributed by atoms with Crippen LogP contribution < -0.4 is 15.5 Å². The second kappa shape index (κ2) is 8.54. The van der Waals surface area contributed by atoms with Crippen LogP contribution in [0.1, 0.15) is 37.0 Å². The third-order valence-electron chi connectivity index (χ3n) is 6.60. The van der Waals surface area contributed by atoms with Crippen LogP contribution in [0.3, 0.4) is 0 Å². The Bertz CT molecular complexity index is 1130. The van der Waals surface area contributed by atoms with Crippen molar-refractivity contribution in [2.75, 3.05) is 29.9 Å². The molecule has 5 rings (SSSR count). The number of cyclic esters (lactones) is 1. The van der Waals surface area contributed by atoms with E-state index in [9.17, 15) is 18.0 Å². The number of rotatable bonds is 5. The molecule has 0 aromatic carbocycles. The van der Waals surface area contributed by atoms with Crippen LogP contribution in [0, 0.1) is 0 Å². The number of nitrogens with zero attached hydrogens (tertiary/aromatic N) is 4. The van der Waals surface area contributed by atoms with Gasteiger partial charge in [0.2, 0.25) is 0 Å². The number of fused-ring (bicyclic) bond motifs is 1. The van der Waals surface area contributed by atoms with E-state index in [-0.39, 0.29) is 23.1 Å². The second-order valence-electron chi connectivity index (χ2n) is 8.99.